The van der Waals surface area contributed by atoms with Gasteiger partial charge in [-0.15, -0.1) is 0 Å². The molecule has 0 saturated carbocycles. The highest BCUT2D eigenvalue weighted by Crippen LogP contribution is 2.14. The standard InChI is InChI=1S/C17H22N4O2/c1-13-16(20-23-19-13)10-17(22)18-11-14-5-4-6-15(9-14)12-21-7-2-3-8-21/h4-6,9H,2-3,7-8,10-12H2,1H3,(H,18,22). The van der Waals surface area contributed by atoms with Crippen LogP contribution >= 0.6 is 0 Å². The fourth-order valence-electron chi connectivity index (χ4n) is 2.86. The second-order valence-corrected chi connectivity index (χ2v) is 6.05. The Morgan fingerprint density at radius 1 is 1.26 bits per heavy atom. The summed E-state index contributed by atoms with van der Waals surface area (Å²) in [4.78, 5) is 14.4. The molecule has 1 saturated heterocycles. The summed E-state index contributed by atoms with van der Waals surface area (Å²) >= 11 is 0. The van der Waals surface area contributed by atoms with Crippen LogP contribution in [0.3, 0.4) is 0 Å². The van der Waals surface area contributed by atoms with Crippen molar-refractivity contribution < 1.29 is 9.42 Å². The number of nitrogens with one attached hydrogen (secondary N) is 1. The number of benzene rings is 1. The first kappa shape index (κ1) is 15.7. The third-order valence-electron chi connectivity index (χ3n) is 4.16. The number of aromatic nitrogens is 2. The van der Waals surface area contributed by atoms with Crippen LogP contribution in [0.5, 0.6) is 0 Å². The van der Waals surface area contributed by atoms with Gasteiger partial charge in [-0.05, 0) is 44.0 Å². The maximum atomic E-state index is 12.0. The third kappa shape index (κ3) is 4.39. The molecule has 0 unspecified atom stereocenters. The summed E-state index contributed by atoms with van der Waals surface area (Å²) in [7, 11) is 0. The first-order chi connectivity index (χ1) is 11.2. The molecule has 0 aliphatic carbocycles. The highest BCUT2D eigenvalue weighted by atomic mass is 16.6. The second kappa shape index (κ2) is 7.37. The maximum absolute atomic E-state index is 12.0. The van der Waals surface area contributed by atoms with E-state index in [1.807, 2.05) is 6.07 Å². The number of aryl methyl sites for hydroxylation is 1. The summed E-state index contributed by atoms with van der Waals surface area (Å²) in [6.07, 6.45) is 2.79. The molecule has 0 radical (unpaired) electrons. The zero-order valence-corrected chi connectivity index (χ0v) is 13.4. The van der Waals surface area contributed by atoms with E-state index in [9.17, 15) is 4.79 Å². The Morgan fingerprint density at radius 2 is 2.04 bits per heavy atom. The molecule has 23 heavy (non-hydrogen) atoms. The van der Waals surface area contributed by atoms with Crippen molar-refractivity contribution in [3.8, 4) is 0 Å². The Kier molecular flexibility index (Phi) is 5.02. The number of carbonyl (C=O) groups is 1. The summed E-state index contributed by atoms with van der Waals surface area (Å²) < 4.78 is 4.60. The number of carbonyl (C=O) groups excluding carboxylic acids is 1. The lowest BCUT2D eigenvalue weighted by Crippen LogP contribution is -2.25. The maximum Gasteiger partial charge on any atom is 0.226 e. The van der Waals surface area contributed by atoms with E-state index < -0.39 is 0 Å². The second-order valence-electron chi connectivity index (χ2n) is 6.05. The van der Waals surface area contributed by atoms with Crippen LogP contribution in [0, 0.1) is 6.92 Å². The van der Waals surface area contributed by atoms with E-state index in [0.717, 1.165) is 12.1 Å². The molecule has 0 spiro atoms. The number of hydrogen-bond acceptors (Lipinski definition) is 5. The van der Waals surface area contributed by atoms with E-state index in [-0.39, 0.29) is 12.3 Å². The molecule has 3 rings (SSSR count). The zero-order chi connectivity index (χ0) is 16.1. The van der Waals surface area contributed by atoms with Gasteiger partial charge in [-0.25, -0.2) is 4.63 Å². The normalized spacial score (nSPS) is 15.0. The zero-order valence-electron chi connectivity index (χ0n) is 13.4. The Bertz CT molecular complexity index is 662. The van der Waals surface area contributed by atoms with Crippen LogP contribution in [0.15, 0.2) is 28.9 Å². The van der Waals surface area contributed by atoms with Gasteiger partial charge in [0.15, 0.2) is 0 Å². The first-order valence-corrected chi connectivity index (χ1v) is 8.05. The van der Waals surface area contributed by atoms with Crippen LogP contribution in [0.25, 0.3) is 0 Å². The number of nitrogens with zero attached hydrogens (tertiary/aromatic N) is 3. The van der Waals surface area contributed by atoms with Crippen molar-refractivity contribution in [1.82, 2.24) is 20.5 Å². The quantitative estimate of drug-likeness (QED) is 0.881. The predicted molar refractivity (Wildman–Crippen MR) is 85.5 cm³/mol. The number of rotatable bonds is 6. The van der Waals surface area contributed by atoms with Crippen molar-refractivity contribution in [2.75, 3.05) is 13.1 Å². The molecule has 1 aromatic heterocycles. The summed E-state index contributed by atoms with van der Waals surface area (Å²) in [5.74, 6) is -0.0752. The molecule has 0 bridgehead atoms. The fourth-order valence-corrected chi connectivity index (χ4v) is 2.86. The Morgan fingerprint density at radius 3 is 2.78 bits per heavy atom. The van der Waals surface area contributed by atoms with E-state index in [1.165, 1.54) is 31.5 Å². The SMILES string of the molecule is Cc1nonc1CC(=O)NCc1cccc(CN2CCCC2)c1. The van der Waals surface area contributed by atoms with Gasteiger partial charge in [0.1, 0.15) is 11.4 Å². The van der Waals surface area contributed by atoms with Crippen molar-refractivity contribution in [1.29, 1.82) is 0 Å². The molecule has 2 aromatic rings. The van der Waals surface area contributed by atoms with E-state index in [1.54, 1.807) is 6.92 Å². The Hall–Kier alpha value is -2.21. The molecule has 1 aliphatic heterocycles. The molecule has 0 atom stereocenters. The van der Waals surface area contributed by atoms with Crippen molar-refractivity contribution in [3.05, 3.63) is 46.8 Å². The minimum Gasteiger partial charge on any atom is -0.352 e. The van der Waals surface area contributed by atoms with Crippen LogP contribution in [0.2, 0.25) is 0 Å². The van der Waals surface area contributed by atoms with Crippen molar-refractivity contribution in [2.24, 2.45) is 0 Å². The number of likely N-dealkylation sites (tertiary alicyclic amines) is 1. The van der Waals surface area contributed by atoms with Crippen molar-refractivity contribution in [2.45, 2.75) is 39.3 Å². The van der Waals surface area contributed by atoms with E-state index in [2.05, 4.69) is 43.4 Å². The Balaban J connectivity index is 1.51. The molecule has 1 aromatic carbocycles. The lowest BCUT2D eigenvalue weighted by Gasteiger charge is -2.15. The average Bonchev–Trinajstić information content (AvgIpc) is 3.18. The van der Waals surface area contributed by atoms with Gasteiger partial charge in [0.05, 0.1) is 6.42 Å². The van der Waals surface area contributed by atoms with Gasteiger partial charge in [0.2, 0.25) is 5.91 Å². The molecular weight excluding hydrogens is 292 g/mol. The van der Waals surface area contributed by atoms with Gasteiger partial charge in [-0.2, -0.15) is 0 Å². The molecular formula is C17H22N4O2. The van der Waals surface area contributed by atoms with Gasteiger partial charge in [0.25, 0.3) is 0 Å². The van der Waals surface area contributed by atoms with Gasteiger partial charge < -0.3 is 5.32 Å². The summed E-state index contributed by atoms with van der Waals surface area (Å²) in [5.41, 5.74) is 3.67. The lowest BCUT2D eigenvalue weighted by atomic mass is 10.1. The molecule has 6 heteroatoms. The van der Waals surface area contributed by atoms with Crippen LogP contribution in [0.4, 0.5) is 0 Å². The summed E-state index contributed by atoms with van der Waals surface area (Å²) in [6.45, 7) is 5.67. The summed E-state index contributed by atoms with van der Waals surface area (Å²) in [6, 6.07) is 8.41. The highest BCUT2D eigenvalue weighted by molar-refractivity contribution is 5.78. The fraction of sp³-hybridized carbons (Fsp3) is 0.471. The van der Waals surface area contributed by atoms with Crippen molar-refractivity contribution >= 4 is 5.91 Å². The molecule has 1 amide bonds. The van der Waals surface area contributed by atoms with E-state index >= 15 is 0 Å². The lowest BCUT2D eigenvalue weighted by molar-refractivity contribution is -0.120. The summed E-state index contributed by atoms with van der Waals surface area (Å²) in [5, 5.41) is 10.3. The monoisotopic (exact) mass is 314 g/mol. The molecule has 2 heterocycles. The van der Waals surface area contributed by atoms with Gasteiger partial charge in [-0.3, -0.25) is 9.69 Å². The van der Waals surface area contributed by atoms with Crippen LogP contribution in [-0.4, -0.2) is 34.2 Å². The molecule has 6 nitrogen and oxygen atoms in total. The van der Waals surface area contributed by atoms with Crippen LogP contribution in [0.1, 0.15) is 35.4 Å². The number of hydrogen-bond donors (Lipinski definition) is 1. The predicted octanol–water partition coefficient (Wildman–Crippen LogP) is 1.83. The minimum absolute atomic E-state index is 0.0752. The number of amides is 1. The topological polar surface area (TPSA) is 71.3 Å². The van der Waals surface area contributed by atoms with E-state index in [4.69, 9.17) is 0 Å². The largest absolute Gasteiger partial charge is 0.352 e. The highest BCUT2D eigenvalue weighted by Gasteiger charge is 2.13. The smallest absolute Gasteiger partial charge is 0.226 e. The van der Waals surface area contributed by atoms with Crippen LogP contribution in [-0.2, 0) is 24.3 Å². The van der Waals surface area contributed by atoms with Crippen LogP contribution < -0.4 is 5.32 Å². The van der Waals surface area contributed by atoms with Gasteiger partial charge in [0, 0.05) is 13.1 Å². The molecule has 122 valence electrons. The Labute approximate surface area is 135 Å². The van der Waals surface area contributed by atoms with Gasteiger partial charge in [-0.1, -0.05) is 34.6 Å². The van der Waals surface area contributed by atoms with E-state index in [0.29, 0.717) is 17.9 Å². The molecule has 1 fully saturated rings. The molecule has 1 aliphatic rings. The minimum atomic E-state index is -0.0752. The average molecular weight is 314 g/mol. The third-order valence-corrected chi connectivity index (χ3v) is 4.16. The first-order valence-electron chi connectivity index (χ1n) is 8.05. The van der Waals surface area contributed by atoms with Crippen molar-refractivity contribution in [3.63, 3.8) is 0 Å². The molecule has 1 N–H and O–H groups in total. The van der Waals surface area contributed by atoms with Gasteiger partial charge >= 0.3 is 0 Å².